The number of nitriles is 1. The van der Waals surface area contributed by atoms with Crippen molar-refractivity contribution in [1.82, 2.24) is 4.98 Å². The summed E-state index contributed by atoms with van der Waals surface area (Å²) in [7, 11) is 1.42. The number of nitrogens with one attached hydrogen (secondary N) is 1. The van der Waals surface area contributed by atoms with Gasteiger partial charge in [0.05, 0.1) is 23.9 Å². The van der Waals surface area contributed by atoms with E-state index in [0.29, 0.717) is 22.6 Å². The highest BCUT2D eigenvalue weighted by Crippen LogP contribution is 2.31. The van der Waals surface area contributed by atoms with E-state index < -0.39 is 24.3 Å². The van der Waals surface area contributed by atoms with Gasteiger partial charge < -0.3 is 14.8 Å². The molecule has 1 amide bonds. The smallest absolute Gasteiger partial charge is 0.416 e. The minimum absolute atomic E-state index is 0. The van der Waals surface area contributed by atoms with Crippen molar-refractivity contribution in [3.8, 4) is 17.6 Å². The number of benzene rings is 2. The van der Waals surface area contributed by atoms with Crippen LogP contribution in [0.1, 0.15) is 16.8 Å². The fraction of sp³-hybridized carbons (Fsp3) is 0.125. The number of rotatable bonds is 7. The third-order valence-corrected chi connectivity index (χ3v) is 4.39. The van der Waals surface area contributed by atoms with E-state index in [1.54, 1.807) is 48.7 Å². The van der Waals surface area contributed by atoms with Crippen LogP contribution in [-0.4, -0.2) is 24.6 Å². The van der Waals surface area contributed by atoms with E-state index in [9.17, 15) is 23.2 Å². The molecule has 0 fully saturated rings. The molecular formula is C24H19ClF3N3O3. The number of hydrogen-bond acceptors (Lipinski definition) is 5. The first kappa shape index (κ1) is 26.2. The molecule has 0 unspecified atom stereocenters. The zero-order valence-corrected chi connectivity index (χ0v) is 18.6. The molecule has 0 atom stereocenters. The van der Waals surface area contributed by atoms with Gasteiger partial charge in [-0.05, 0) is 54.1 Å². The molecule has 1 heterocycles. The molecule has 0 aliphatic rings. The quantitative estimate of drug-likeness (QED) is 0.436. The van der Waals surface area contributed by atoms with Crippen molar-refractivity contribution >= 4 is 35.7 Å². The number of carbonyl (C=O) groups is 1. The summed E-state index contributed by atoms with van der Waals surface area (Å²) >= 11 is 0. The number of pyridine rings is 1. The Bertz CT molecular complexity index is 1210. The first-order valence-electron chi connectivity index (χ1n) is 9.61. The highest BCUT2D eigenvalue weighted by Gasteiger charge is 2.30. The monoisotopic (exact) mass is 489 g/mol. The summed E-state index contributed by atoms with van der Waals surface area (Å²) in [5.41, 5.74) is 0.658. The van der Waals surface area contributed by atoms with Crippen LogP contribution in [-0.2, 0) is 11.0 Å². The number of halogens is 4. The lowest BCUT2D eigenvalue weighted by Crippen LogP contribution is -2.20. The molecule has 0 aliphatic carbocycles. The predicted octanol–water partition coefficient (Wildman–Crippen LogP) is 5.61. The van der Waals surface area contributed by atoms with E-state index >= 15 is 0 Å². The van der Waals surface area contributed by atoms with Crippen molar-refractivity contribution in [3.63, 3.8) is 0 Å². The van der Waals surface area contributed by atoms with E-state index in [-0.39, 0.29) is 23.8 Å². The van der Waals surface area contributed by atoms with Crippen molar-refractivity contribution in [2.24, 2.45) is 0 Å². The van der Waals surface area contributed by atoms with Crippen molar-refractivity contribution in [2.45, 2.75) is 6.18 Å². The molecule has 1 aromatic heterocycles. The second-order valence-electron chi connectivity index (χ2n) is 6.71. The second-order valence-corrected chi connectivity index (χ2v) is 6.71. The zero-order valence-electron chi connectivity index (χ0n) is 17.8. The lowest BCUT2D eigenvalue weighted by atomic mass is 10.1. The molecule has 1 N–H and O–H groups in total. The average Bonchev–Trinajstić information content (AvgIpc) is 2.81. The van der Waals surface area contributed by atoms with Crippen LogP contribution in [0.25, 0.3) is 11.6 Å². The summed E-state index contributed by atoms with van der Waals surface area (Å²) in [5.74, 6) is -0.0682. The highest BCUT2D eigenvalue weighted by molar-refractivity contribution is 5.92. The van der Waals surface area contributed by atoms with Gasteiger partial charge in [0.1, 0.15) is 6.07 Å². The number of ether oxygens (including phenoxy) is 2. The second kappa shape index (κ2) is 11.7. The van der Waals surface area contributed by atoms with Gasteiger partial charge in [-0.3, -0.25) is 9.78 Å². The Balaban J connectivity index is 0.00000408. The Kier molecular flexibility index (Phi) is 9.04. The van der Waals surface area contributed by atoms with Crippen LogP contribution in [0.2, 0.25) is 0 Å². The SMILES string of the molecule is COc1cc(/C=C(/C#N)c2ccccn2)ccc1OCC(=O)Nc1cccc(C(F)(F)F)c1.Cl. The maximum atomic E-state index is 12.8. The van der Waals surface area contributed by atoms with Crippen LogP contribution in [0.3, 0.4) is 0 Å². The van der Waals surface area contributed by atoms with Gasteiger partial charge in [-0.1, -0.05) is 18.2 Å². The lowest BCUT2D eigenvalue weighted by molar-refractivity contribution is -0.137. The summed E-state index contributed by atoms with van der Waals surface area (Å²) in [6, 6.07) is 16.5. The van der Waals surface area contributed by atoms with E-state index in [1.807, 2.05) is 0 Å². The normalized spacial score (nSPS) is 11.1. The van der Waals surface area contributed by atoms with Gasteiger partial charge in [-0.15, -0.1) is 12.4 Å². The Hall–Kier alpha value is -4.03. The molecule has 2 aromatic carbocycles. The summed E-state index contributed by atoms with van der Waals surface area (Å²) in [4.78, 5) is 16.3. The summed E-state index contributed by atoms with van der Waals surface area (Å²) in [6.07, 6.45) is -1.29. The fourth-order valence-electron chi connectivity index (χ4n) is 2.86. The van der Waals surface area contributed by atoms with Gasteiger partial charge in [-0.25, -0.2) is 0 Å². The maximum absolute atomic E-state index is 12.8. The van der Waals surface area contributed by atoms with Crippen LogP contribution < -0.4 is 14.8 Å². The van der Waals surface area contributed by atoms with E-state index in [2.05, 4.69) is 16.4 Å². The molecular weight excluding hydrogens is 471 g/mol. The molecule has 0 aliphatic heterocycles. The Morgan fingerprint density at radius 1 is 1.12 bits per heavy atom. The molecule has 0 saturated heterocycles. The standard InChI is InChI=1S/C24H18F3N3O3.ClH/c1-32-22-12-16(11-17(14-28)20-7-2-3-10-29-20)8-9-21(22)33-15-23(31)30-19-6-4-5-18(13-19)24(25,26)27;/h2-13H,15H2,1H3,(H,30,31);1H/b17-11-;. The van der Waals surface area contributed by atoms with Gasteiger partial charge in [0.25, 0.3) is 5.91 Å². The minimum atomic E-state index is -4.51. The van der Waals surface area contributed by atoms with Gasteiger partial charge in [0.2, 0.25) is 0 Å². The zero-order chi connectivity index (χ0) is 23.8. The van der Waals surface area contributed by atoms with E-state index in [4.69, 9.17) is 9.47 Å². The highest BCUT2D eigenvalue weighted by atomic mass is 35.5. The summed E-state index contributed by atoms with van der Waals surface area (Å²) < 4.78 is 49.2. The third kappa shape index (κ3) is 6.98. The van der Waals surface area contributed by atoms with Gasteiger partial charge in [0.15, 0.2) is 18.1 Å². The largest absolute Gasteiger partial charge is 0.493 e. The molecule has 10 heteroatoms. The number of hydrogen-bond donors (Lipinski definition) is 1. The molecule has 3 aromatic rings. The predicted molar refractivity (Wildman–Crippen MR) is 124 cm³/mol. The first-order chi connectivity index (χ1) is 15.8. The molecule has 6 nitrogen and oxygen atoms in total. The van der Waals surface area contributed by atoms with Crippen LogP contribution in [0.5, 0.6) is 11.5 Å². The van der Waals surface area contributed by atoms with Crippen LogP contribution in [0.15, 0.2) is 66.9 Å². The molecule has 34 heavy (non-hydrogen) atoms. The van der Waals surface area contributed by atoms with Crippen molar-refractivity contribution in [3.05, 3.63) is 83.7 Å². The molecule has 0 saturated carbocycles. The topological polar surface area (TPSA) is 84.2 Å². The molecule has 176 valence electrons. The van der Waals surface area contributed by atoms with Gasteiger partial charge in [0, 0.05) is 11.9 Å². The minimum Gasteiger partial charge on any atom is -0.493 e. The third-order valence-electron chi connectivity index (χ3n) is 4.39. The summed E-state index contributed by atoms with van der Waals surface area (Å²) in [6.45, 7) is -0.445. The van der Waals surface area contributed by atoms with Crippen LogP contribution >= 0.6 is 12.4 Å². The Labute approximate surface area is 200 Å². The van der Waals surface area contributed by atoms with Crippen molar-refractivity contribution in [1.29, 1.82) is 5.26 Å². The van der Waals surface area contributed by atoms with Crippen LogP contribution in [0.4, 0.5) is 18.9 Å². The number of alkyl halides is 3. The number of allylic oxidation sites excluding steroid dienone is 1. The lowest BCUT2D eigenvalue weighted by Gasteiger charge is -2.12. The number of amides is 1. The number of carbonyl (C=O) groups excluding carboxylic acids is 1. The van der Waals surface area contributed by atoms with Crippen molar-refractivity contribution < 1.29 is 27.4 Å². The Morgan fingerprint density at radius 3 is 2.56 bits per heavy atom. The molecule has 3 rings (SSSR count). The molecule has 0 spiro atoms. The first-order valence-corrected chi connectivity index (χ1v) is 9.61. The number of anilines is 1. The number of aromatic nitrogens is 1. The van der Waals surface area contributed by atoms with Gasteiger partial charge in [-0.2, -0.15) is 18.4 Å². The maximum Gasteiger partial charge on any atom is 0.416 e. The number of methoxy groups -OCH3 is 1. The van der Waals surface area contributed by atoms with E-state index in [0.717, 1.165) is 12.1 Å². The summed E-state index contributed by atoms with van der Waals surface area (Å²) in [5, 5.41) is 11.8. The molecule has 0 bridgehead atoms. The van der Waals surface area contributed by atoms with Crippen molar-refractivity contribution in [2.75, 3.05) is 19.0 Å². The average molecular weight is 490 g/mol. The Morgan fingerprint density at radius 2 is 1.91 bits per heavy atom. The molecule has 0 radical (unpaired) electrons. The van der Waals surface area contributed by atoms with Gasteiger partial charge >= 0.3 is 6.18 Å². The van der Waals surface area contributed by atoms with E-state index in [1.165, 1.54) is 19.2 Å². The fourth-order valence-corrected chi connectivity index (χ4v) is 2.86. The number of nitrogens with zero attached hydrogens (tertiary/aromatic N) is 2. The van der Waals surface area contributed by atoms with Crippen LogP contribution in [0, 0.1) is 11.3 Å².